The lowest BCUT2D eigenvalue weighted by molar-refractivity contribution is 0.421. The molecule has 6 aromatic rings. The van der Waals surface area contributed by atoms with E-state index in [1.165, 1.54) is 54.6 Å². The average Bonchev–Trinajstić information content (AvgIpc) is 2.87. The van der Waals surface area contributed by atoms with Gasteiger partial charge in [0.25, 0.3) is 0 Å². The Labute approximate surface area is 210 Å². The maximum absolute atomic E-state index is 6.65. The summed E-state index contributed by atoms with van der Waals surface area (Å²) in [5, 5.41) is 7.47. The molecule has 0 radical (unpaired) electrons. The summed E-state index contributed by atoms with van der Waals surface area (Å²) in [6, 6.07) is 30.5. The van der Waals surface area contributed by atoms with Crippen LogP contribution < -0.4 is 9.47 Å². The third-order valence-corrected chi connectivity index (χ3v) is 8.67. The topological polar surface area (TPSA) is 18.5 Å². The van der Waals surface area contributed by atoms with Gasteiger partial charge in [-0.05, 0) is 51.9 Å². The van der Waals surface area contributed by atoms with Crippen molar-refractivity contribution in [3.8, 4) is 23.0 Å². The minimum Gasteiger partial charge on any atom is -0.457 e. The van der Waals surface area contributed by atoms with Gasteiger partial charge in [-0.3, -0.25) is 0 Å². The molecule has 0 aromatic heterocycles. The normalized spacial score (nSPS) is 16.7. The second kappa shape index (κ2) is 6.39. The van der Waals surface area contributed by atoms with E-state index < -0.39 is 0 Å². The minimum atomic E-state index is -0.177. The fourth-order valence-electron chi connectivity index (χ4n) is 6.85. The highest BCUT2D eigenvalue weighted by atomic mass is 16.5. The van der Waals surface area contributed by atoms with E-state index in [0.717, 1.165) is 23.0 Å². The van der Waals surface area contributed by atoms with Crippen LogP contribution in [0.1, 0.15) is 49.9 Å². The SMILES string of the molecule is CC1(C)c2ccccc2Oc2c1cc1ccc3cc4c(c5ccc2c1c35)C(C)(C)c1ccccc1O4. The molecule has 0 amide bonds. The first kappa shape index (κ1) is 20.2. The Bertz CT molecular complexity index is 1890. The molecule has 0 spiro atoms. The molecule has 0 fully saturated rings. The average molecular weight is 467 g/mol. The van der Waals surface area contributed by atoms with E-state index in [-0.39, 0.29) is 10.8 Å². The van der Waals surface area contributed by atoms with Gasteiger partial charge in [-0.1, -0.05) is 82.3 Å². The minimum absolute atomic E-state index is 0.146. The smallest absolute Gasteiger partial charge is 0.139 e. The molecule has 8 rings (SSSR count). The summed E-state index contributed by atoms with van der Waals surface area (Å²) in [7, 11) is 0. The van der Waals surface area contributed by atoms with Crippen molar-refractivity contribution in [2.45, 2.75) is 38.5 Å². The summed E-state index contributed by atoms with van der Waals surface area (Å²) < 4.78 is 13.1. The lowest BCUT2D eigenvalue weighted by Gasteiger charge is -2.37. The Morgan fingerprint density at radius 3 is 1.83 bits per heavy atom. The summed E-state index contributed by atoms with van der Waals surface area (Å²) >= 11 is 0. The summed E-state index contributed by atoms with van der Waals surface area (Å²) in [6.45, 7) is 9.24. The molecule has 0 atom stereocenters. The van der Waals surface area contributed by atoms with E-state index in [2.05, 4.69) is 107 Å². The quantitative estimate of drug-likeness (QED) is 0.208. The van der Waals surface area contributed by atoms with Crippen LogP contribution in [0.4, 0.5) is 0 Å². The highest BCUT2D eigenvalue weighted by Crippen LogP contribution is 2.56. The maximum atomic E-state index is 6.65. The van der Waals surface area contributed by atoms with Gasteiger partial charge in [0.15, 0.2) is 0 Å². The number of para-hydroxylation sites is 2. The number of hydrogen-bond donors (Lipinski definition) is 0. The van der Waals surface area contributed by atoms with Gasteiger partial charge >= 0.3 is 0 Å². The summed E-state index contributed by atoms with van der Waals surface area (Å²) in [5.74, 6) is 3.84. The van der Waals surface area contributed by atoms with E-state index in [1.807, 2.05) is 6.07 Å². The van der Waals surface area contributed by atoms with Crippen LogP contribution in [0.5, 0.6) is 23.0 Å². The number of benzene rings is 6. The molecule has 0 aliphatic carbocycles. The zero-order valence-corrected chi connectivity index (χ0v) is 20.9. The van der Waals surface area contributed by atoms with Gasteiger partial charge in [0.1, 0.15) is 23.0 Å². The number of fused-ring (bicyclic) bond motifs is 6. The zero-order valence-electron chi connectivity index (χ0n) is 20.9. The predicted molar refractivity (Wildman–Crippen MR) is 147 cm³/mol. The Morgan fingerprint density at radius 2 is 1.08 bits per heavy atom. The van der Waals surface area contributed by atoms with Crippen molar-refractivity contribution in [2.75, 3.05) is 0 Å². The van der Waals surface area contributed by atoms with Crippen LogP contribution in [-0.2, 0) is 10.8 Å². The number of ether oxygens (including phenoxy) is 2. The van der Waals surface area contributed by atoms with Gasteiger partial charge < -0.3 is 9.47 Å². The number of hydrogen-bond acceptors (Lipinski definition) is 2. The highest BCUT2D eigenvalue weighted by molar-refractivity contribution is 6.26. The van der Waals surface area contributed by atoms with Crippen molar-refractivity contribution in [1.82, 2.24) is 0 Å². The van der Waals surface area contributed by atoms with E-state index in [1.54, 1.807) is 0 Å². The van der Waals surface area contributed by atoms with Crippen molar-refractivity contribution < 1.29 is 9.47 Å². The molecular formula is C34H26O2. The van der Waals surface area contributed by atoms with Crippen LogP contribution in [0.25, 0.3) is 32.3 Å². The fraction of sp³-hybridized carbons (Fsp3) is 0.176. The van der Waals surface area contributed by atoms with Crippen LogP contribution in [0, 0.1) is 0 Å². The number of rotatable bonds is 0. The van der Waals surface area contributed by atoms with Crippen molar-refractivity contribution in [1.29, 1.82) is 0 Å². The van der Waals surface area contributed by atoms with E-state index >= 15 is 0 Å². The second-order valence-electron chi connectivity index (χ2n) is 11.4. The lowest BCUT2D eigenvalue weighted by Crippen LogP contribution is -2.25. The Morgan fingerprint density at radius 1 is 0.500 bits per heavy atom. The molecule has 2 heteroatoms. The lowest BCUT2D eigenvalue weighted by atomic mass is 9.72. The standard InChI is InChI=1S/C34H26O2/c1-33(2)23-9-5-8-12-27(23)36-32-22-16-15-21-29-20(14-13-19(30(22)29)17-25(32)33)18-28-31(21)34(3,4)24-10-6-7-11-26(24)35-28/h5-18H,1-4H3. The first-order valence-corrected chi connectivity index (χ1v) is 12.7. The molecule has 2 nitrogen and oxygen atoms in total. The third-order valence-electron chi connectivity index (χ3n) is 8.67. The van der Waals surface area contributed by atoms with Crippen LogP contribution in [0.15, 0.2) is 84.9 Å². The Kier molecular flexibility index (Phi) is 3.58. The van der Waals surface area contributed by atoms with Crippen molar-refractivity contribution >= 4 is 32.3 Å². The molecule has 2 aliphatic rings. The largest absolute Gasteiger partial charge is 0.457 e. The zero-order chi connectivity index (χ0) is 24.4. The third kappa shape index (κ3) is 2.32. The summed E-state index contributed by atoms with van der Waals surface area (Å²) in [6.07, 6.45) is 0. The monoisotopic (exact) mass is 466 g/mol. The van der Waals surface area contributed by atoms with Gasteiger partial charge in [0.05, 0.1) is 0 Å². The van der Waals surface area contributed by atoms with Crippen LogP contribution in [0.2, 0.25) is 0 Å². The van der Waals surface area contributed by atoms with Gasteiger partial charge in [0, 0.05) is 43.9 Å². The van der Waals surface area contributed by atoms with Gasteiger partial charge in [-0.25, -0.2) is 0 Å². The first-order valence-electron chi connectivity index (χ1n) is 12.7. The molecule has 2 heterocycles. The maximum Gasteiger partial charge on any atom is 0.139 e. The van der Waals surface area contributed by atoms with Gasteiger partial charge in [-0.2, -0.15) is 0 Å². The molecule has 36 heavy (non-hydrogen) atoms. The molecular weight excluding hydrogens is 440 g/mol. The Balaban J connectivity index is 1.49. The van der Waals surface area contributed by atoms with E-state index in [9.17, 15) is 0 Å². The molecule has 0 saturated carbocycles. The molecule has 174 valence electrons. The van der Waals surface area contributed by atoms with Gasteiger partial charge in [0.2, 0.25) is 0 Å². The molecule has 6 aromatic carbocycles. The first-order chi connectivity index (χ1) is 17.4. The van der Waals surface area contributed by atoms with E-state index in [4.69, 9.17) is 9.47 Å². The predicted octanol–water partition coefficient (Wildman–Crippen LogP) is 9.45. The molecule has 0 unspecified atom stereocenters. The molecule has 0 bridgehead atoms. The Hall–Kier alpha value is -4.04. The molecule has 2 aliphatic heterocycles. The van der Waals surface area contributed by atoms with Crippen LogP contribution in [-0.4, -0.2) is 0 Å². The summed E-state index contributed by atoms with van der Waals surface area (Å²) in [5.41, 5.74) is 4.64. The molecule has 0 N–H and O–H groups in total. The fourth-order valence-corrected chi connectivity index (χ4v) is 6.85. The van der Waals surface area contributed by atoms with Gasteiger partial charge in [-0.15, -0.1) is 0 Å². The van der Waals surface area contributed by atoms with Crippen molar-refractivity contribution in [2.24, 2.45) is 0 Å². The van der Waals surface area contributed by atoms with Crippen molar-refractivity contribution in [3.63, 3.8) is 0 Å². The molecule has 0 saturated heterocycles. The summed E-state index contributed by atoms with van der Waals surface area (Å²) in [4.78, 5) is 0. The van der Waals surface area contributed by atoms with Crippen LogP contribution in [0.3, 0.4) is 0 Å². The van der Waals surface area contributed by atoms with E-state index in [0.29, 0.717) is 0 Å². The second-order valence-corrected chi connectivity index (χ2v) is 11.4. The highest BCUT2D eigenvalue weighted by Gasteiger charge is 2.38. The van der Waals surface area contributed by atoms with Crippen LogP contribution >= 0.6 is 0 Å². The van der Waals surface area contributed by atoms with Crippen molar-refractivity contribution in [3.05, 3.63) is 107 Å².